The third-order valence-corrected chi connectivity index (χ3v) is 4.45. The highest BCUT2D eigenvalue weighted by atomic mass is 19.1. The number of halogens is 1. The van der Waals surface area contributed by atoms with Crippen molar-refractivity contribution in [3.8, 4) is 0 Å². The largest absolute Gasteiger partial charge is 0.450 e. The van der Waals surface area contributed by atoms with Crippen molar-refractivity contribution in [2.75, 3.05) is 50.1 Å². The molecule has 1 aliphatic rings. The summed E-state index contributed by atoms with van der Waals surface area (Å²) >= 11 is 0. The van der Waals surface area contributed by atoms with Crippen molar-refractivity contribution in [3.05, 3.63) is 24.0 Å². The van der Waals surface area contributed by atoms with Gasteiger partial charge in [0.05, 0.1) is 12.3 Å². The predicted octanol–water partition coefficient (Wildman–Crippen LogP) is 2.98. The molecule has 1 saturated heterocycles. The van der Waals surface area contributed by atoms with Crippen LogP contribution in [0.15, 0.2) is 18.2 Å². The topological polar surface area (TPSA) is 65.1 Å². The lowest BCUT2D eigenvalue weighted by Gasteiger charge is -2.34. The van der Waals surface area contributed by atoms with Crippen LogP contribution in [-0.2, 0) is 4.74 Å². The van der Waals surface area contributed by atoms with Crippen molar-refractivity contribution >= 4 is 23.5 Å². The zero-order valence-electron chi connectivity index (χ0n) is 15.8. The molecule has 0 radical (unpaired) electrons. The summed E-state index contributed by atoms with van der Waals surface area (Å²) in [4.78, 5) is 29.0. The number of urea groups is 1. The molecule has 1 heterocycles. The van der Waals surface area contributed by atoms with Gasteiger partial charge in [-0.25, -0.2) is 14.0 Å². The van der Waals surface area contributed by atoms with E-state index in [0.717, 1.165) is 0 Å². The fourth-order valence-electron chi connectivity index (χ4n) is 2.66. The second kappa shape index (κ2) is 8.73. The number of nitrogens with one attached hydrogen (secondary N) is 1. The molecule has 8 heteroatoms. The standard InChI is InChI=1S/C18H27FN4O3/c1-5-26-18(25)23-10-8-22(9-11-23)17(24)20-14-6-7-16(15(19)12-14)21(4)13(2)3/h6-7,12-13H,5,8-11H2,1-4H3,(H,20,24). The molecule has 0 spiro atoms. The second-order valence-corrected chi connectivity index (χ2v) is 6.47. The Hall–Kier alpha value is -2.51. The number of anilines is 2. The maximum Gasteiger partial charge on any atom is 0.409 e. The van der Waals surface area contributed by atoms with Gasteiger partial charge < -0.3 is 24.8 Å². The van der Waals surface area contributed by atoms with E-state index in [4.69, 9.17) is 4.74 Å². The molecule has 3 amide bonds. The van der Waals surface area contributed by atoms with Crippen LogP contribution < -0.4 is 10.2 Å². The Labute approximate surface area is 153 Å². The Morgan fingerprint density at radius 1 is 1.23 bits per heavy atom. The van der Waals surface area contributed by atoms with E-state index >= 15 is 0 Å². The summed E-state index contributed by atoms with van der Waals surface area (Å²) in [5.74, 6) is -0.383. The van der Waals surface area contributed by atoms with Crippen LogP contribution in [0.5, 0.6) is 0 Å². The smallest absolute Gasteiger partial charge is 0.409 e. The first-order valence-electron chi connectivity index (χ1n) is 8.83. The molecule has 26 heavy (non-hydrogen) atoms. The Kier molecular flexibility index (Phi) is 6.65. The SMILES string of the molecule is CCOC(=O)N1CCN(C(=O)Nc2ccc(N(C)C(C)C)c(F)c2)CC1. The van der Waals surface area contributed by atoms with Crippen LogP contribution >= 0.6 is 0 Å². The zero-order valence-corrected chi connectivity index (χ0v) is 15.8. The molecule has 1 aliphatic heterocycles. The molecular formula is C18H27FN4O3. The van der Waals surface area contributed by atoms with Gasteiger partial charge >= 0.3 is 12.1 Å². The fraction of sp³-hybridized carbons (Fsp3) is 0.556. The highest BCUT2D eigenvalue weighted by Gasteiger charge is 2.25. The lowest BCUT2D eigenvalue weighted by molar-refractivity contribution is 0.0868. The van der Waals surface area contributed by atoms with E-state index < -0.39 is 0 Å². The highest BCUT2D eigenvalue weighted by Crippen LogP contribution is 2.23. The molecule has 0 aromatic heterocycles. The molecule has 0 aliphatic carbocycles. The van der Waals surface area contributed by atoms with Crippen LogP contribution in [0.3, 0.4) is 0 Å². The number of piperazine rings is 1. The van der Waals surface area contributed by atoms with Crippen LogP contribution in [0.4, 0.5) is 25.4 Å². The van der Waals surface area contributed by atoms with Crippen LogP contribution in [0.25, 0.3) is 0 Å². The number of amides is 3. The Balaban J connectivity index is 1.92. The van der Waals surface area contributed by atoms with Gasteiger partial charge in [0, 0.05) is 45.0 Å². The van der Waals surface area contributed by atoms with Gasteiger partial charge in [0.2, 0.25) is 0 Å². The lowest BCUT2D eigenvalue weighted by atomic mass is 10.2. The number of carbonyl (C=O) groups excluding carboxylic acids is 2. The molecule has 0 saturated carbocycles. The normalized spacial score (nSPS) is 14.4. The summed E-state index contributed by atoms with van der Waals surface area (Å²) in [5.41, 5.74) is 0.891. The van der Waals surface area contributed by atoms with Gasteiger partial charge in [-0.2, -0.15) is 0 Å². The first-order valence-corrected chi connectivity index (χ1v) is 8.83. The molecule has 144 valence electrons. The minimum absolute atomic E-state index is 0.167. The van der Waals surface area contributed by atoms with Gasteiger partial charge in [0.15, 0.2) is 0 Å². The van der Waals surface area contributed by atoms with Crippen molar-refractivity contribution in [2.24, 2.45) is 0 Å². The number of nitrogens with zero attached hydrogens (tertiary/aromatic N) is 3. The van der Waals surface area contributed by atoms with E-state index in [1.54, 1.807) is 28.9 Å². The van der Waals surface area contributed by atoms with Crippen LogP contribution in [0.2, 0.25) is 0 Å². The molecule has 0 unspecified atom stereocenters. The Morgan fingerprint density at radius 3 is 2.38 bits per heavy atom. The van der Waals surface area contributed by atoms with E-state index in [1.165, 1.54) is 6.07 Å². The van der Waals surface area contributed by atoms with E-state index in [-0.39, 0.29) is 24.0 Å². The Bertz CT molecular complexity index is 645. The van der Waals surface area contributed by atoms with Crippen molar-refractivity contribution in [1.29, 1.82) is 0 Å². The Morgan fingerprint density at radius 2 is 1.85 bits per heavy atom. The summed E-state index contributed by atoms with van der Waals surface area (Å²) in [5, 5.41) is 2.71. The molecule has 1 N–H and O–H groups in total. The maximum absolute atomic E-state index is 14.3. The number of hydrogen-bond donors (Lipinski definition) is 1. The van der Waals surface area contributed by atoms with Gasteiger partial charge in [0.1, 0.15) is 5.82 Å². The van der Waals surface area contributed by atoms with Crippen LogP contribution in [0.1, 0.15) is 20.8 Å². The van der Waals surface area contributed by atoms with E-state index in [2.05, 4.69) is 5.32 Å². The predicted molar refractivity (Wildman–Crippen MR) is 99.1 cm³/mol. The molecule has 2 rings (SSSR count). The van der Waals surface area contributed by atoms with Crippen molar-refractivity contribution < 1.29 is 18.7 Å². The number of hydrogen-bond acceptors (Lipinski definition) is 4. The average Bonchev–Trinajstić information content (AvgIpc) is 2.61. The van der Waals surface area contributed by atoms with Crippen molar-refractivity contribution in [3.63, 3.8) is 0 Å². The van der Waals surface area contributed by atoms with Crippen LogP contribution in [0, 0.1) is 5.82 Å². The summed E-state index contributed by atoms with van der Waals surface area (Å²) in [6.07, 6.45) is -0.362. The second-order valence-electron chi connectivity index (χ2n) is 6.47. The number of benzene rings is 1. The third-order valence-electron chi connectivity index (χ3n) is 4.45. The molecule has 0 bridgehead atoms. The van der Waals surface area contributed by atoms with E-state index in [0.29, 0.717) is 44.2 Å². The fourth-order valence-corrected chi connectivity index (χ4v) is 2.66. The lowest BCUT2D eigenvalue weighted by Crippen LogP contribution is -2.51. The molecule has 1 aromatic rings. The number of carbonyl (C=O) groups is 2. The zero-order chi connectivity index (χ0) is 19.3. The summed E-state index contributed by atoms with van der Waals surface area (Å²) in [6.45, 7) is 7.67. The molecule has 0 atom stereocenters. The molecular weight excluding hydrogens is 339 g/mol. The minimum Gasteiger partial charge on any atom is -0.450 e. The van der Waals surface area contributed by atoms with Crippen LogP contribution in [-0.4, -0.2) is 67.8 Å². The van der Waals surface area contributed by atoms with E-state index in [1.807, 2.05) is 25.8 Å². The summed E-state index contributed by atoms with van der Waals surface area (Å²) < 4.78 is 19.3. The summed E-state index contributed by atoms with van der Waals surface area (Å²) in [6, 6.07) is 4.52. The van der Waals surface area contributed by atoms with Gasteiger partial charge in [0.25, 0.3) is 0 Å². The van der Waals surface area contributed by atoms with Gasteiger partial charge in [-0.3, -0.25) is 0 Å². The summed E-state index contributed by atoms with van der Waals surface area (Å²) in [7, 11) is 1.82. The monoisotopic (exact) mass is 366 g/mol. The maximum atomic E-state index is 14.3. The van der Waals surface area contributed by atoms with Crippen molar-refractivity contribution in [2.45, 2.75) is 26.8 Å². The molecule has 7 nitrogen and oxygen atoms in total. The van der Waals surface area contributed by atoms with Gasteiger partial charge in [-0.15, -0.1) is 0 Å². The number of ether oxygens (including phenoxy) is 1. The average molecular weight is 366 g/mol. The quantitative estimate of drug-likeness (QED) is 0.890. The molecule has 1 fully saturated rings. The van der Waals surface area contributed by atoms with Crippen molar-refractivity contribution in [1.82, 2.24) is 9.80 Å². The molecule has 1 aromatic carbocycles. The minimum atomic E-state index is -0.383. The highest BCUT2D eigenvalue weighted by molar-refractivity contribution is 5.89. The first-order chi connectivity index (χ1) is 12.3. The first kappa shape index (κ1) is 19.8. The number of rotatable bonds is 4. The third kappa shape index (κ3) is 4.77. The van der Waals surface area contributed by atoms with E-state index in [9.17, 15) is 14.0 Å². The van der Waals surface area contributed by atoms with Gasteiger partial charge in [-0.1, -0.05) is 0 Å². The van der Waals surface area contributed by atoms with Gasteiger partial charge in [-0.05, 0) is 39.0 Å².